The first-order valence-electron chi connectivity index (χ1n) is 10.5. The van der Waals surface area contributed by atoms with Crippen molar-refractivity contribution >= 4 is 22.6 Å². The molecule has 0 radical (unpaired) electrons. The number of ether oxygens (including phenoxy) is 1. The number of furan rings is 1. The molecule has 1 aliphatic heterocycles. The fourth-order valence-electron chi connectivity index (χ4n) is 4.13. The lowest BCUT2D eigenvalue weighted by Gasteiger charge is -2.39. The predicted molar refractivity (Wildman–Crippen MR) is 120 cm³/mol. The first-order chi connectivity index (χ1) is 14.6. The second-order valence-electron chi connectivity index (χ2n) is 7.81. The molecule has 158 valence electrons. The van der Waals surface area contributed by atoms with Crippen molar-refractivity contribution in [2.45, 2.75) is 19.9 Å². The molecule has 2 heterocycles. The topological polar surface area (TPSA) is 58.0 Å². The fraction of sp³-hybridized carbons (Fsp3) is 0.375. The summed E-state index contributed by atoms with van der Waals surface area (Å²) in [6.07, 6.45) is 0. The van der Waals surface area contributed by atoms with Gasteiger partial charge in [0.15, 0.2) is 0 Å². The predicted octanol–water partition coefficient (Wildman–Crippen LogP) is 3.69. The van der Waals surface area contributed by atoms with Gasteiger partial charge >= 0.3 is 0 Å². The van der Waals surface area contributed by atoms with Gasteiger partial charge in [-0.2, -0.15) is 0 Å². The largest absolute Gasteiger partial charge is 0.497 e. The average molecular weight is 408 g/mol. The number of para-hydroxylation sites is 1. The summed E-state index contributed by atoms with van der Waals surface area (Å²) in [7, 11) is 1.62. The number of fused-ring (bicyclic) bond motifs is 1. The number of nitrogens with one attached hydrogen (secondary N) is 1. The zero-order valence-corrected chi connectivity index (χ0v) is 17.9. The molecular weight excluding hydrogens is 378 g/mol. The van der Waals surface area contributed by atoms with Gasteiger partial charge in [0.1, 0.15) is 17.1 Å². The number of carbonyl (C=O) groups is 1. The summed E-state index contributed by atoms with van der Waals surface area (Å²) in [6.45, 7) is 8.55. The zero-order valence-electron chi connectivity index (χ0n) is 17.9. The Labute approximate surface area is 177 Å². The molecule has 0 bridgehead atoms. The lowest BCUT2D eigenvalue weighted by molar-refractivity contribution is 0.0934. The number of amides is 1. The van der Waals surface area contributed by atoms with Gasteiger partial charge in [-0.15, -0.1) is 0 Å². The van der Waals surface area contributed by atoms with Crippen LogP contribution in [-0.2, 0) is 0 Å². The Balaban J connectivity index is 1.35. The van der Waals surface area contributed by atoms with Crippen LogP contribution in [0.4, 0.5) is 5.69 Å². The molecule has 4 rings (SSSR count). The normalized spacial score (nSPS) is 15.9. The Bertz CT molecular complexity index is 1010. The van der Waals surface area contributed by atoms with Gasteiger partial charge in [-0.25, -0.2) is 0 Å². The summed E-state index contributed by atoms with van der Waals surface area (Å²) in [6, 6.07) is 16.3. The van der Waals surface area contributed by atoms with E-state index in [0.29, 0.717) is 29.2 Å². The molecule has 1 unspecified atom stereocenters. The number of nitrogens with zero attached hydrogens (tertiary/aromatic N) is 2. The van der Waals surface area contributed by atoms with Gasteiger partial charge in [-0.1, -0.05) is 18.2 Å². The van der Waals surface area contributed by atoms with Crippen molar-refractivity contribution in [2.75, 3.05) is 44.7 Å². The molecular formula is C24H29N3O3. The van der Waals surface area contributed by atoms with Crippen molar-refractivity contribution in [3.63, 3.8) is 0 Å². The first kappa shape index (κ1) is 20.3. The summed E-state index contributed by atoms with van der Waals surface area (Å²) in [4.78, 5) is 17.8. The van der Waals surface area contributed by atoms with Crippen LogP contribution >= 0.6 is 0 Å². The molecule has 0 aliphatic carbocycles. The monoisotopic (exact) mass is 407 g/mol. The highest BCUT2D eigenvalue weighted by Crippen LogP contribution is 2.29. The number of carbonyl (C=O) groups excluding carboxylic acids is 1. The highest BCUT2D eigenvalue weighted by molar-refractivity contribution is 6.07. The quantitative estimate of drug-likeness (QED) is 0.675. The second kappa shape index (κ2) is 8.79. The van der Waals surface area contributed by atoms with Gasteiger partial charge in [0, 0.05) is 49.8 Å². The fourth-order valence-corrected chi connectivity index (χ4v) is 4.13. The Morgan fingerprint density at radius 1 is 1.13 bits per heavy atom. The third kappa shape index (κ3) is 4.14. The molecule has 1 N–H and O–H groups in total. The summed E-state index contributed by atoms with van der Waals surface area (Å²) in [5.74, 6) is 1.23. The molecule has 3 aromatic rings. The van der Waals surface area contributed by atoms with Crippen molar-refractivity contribution in [3.8, 4) is 5.75 Å². The lowest BCUT2D eigenvalue weighted by atomic mass is 10.1. The van der Waals surface area contributed by atoms with Crippen LogP contribution in [0.25, 0.3) is 11.0 Å². The van der Waals surface area contributed by atoms with Gasteiger partial charge in [-0.05, 0) is 44.2 Å². The molecule has 1 aliphatic rings. The number of anilines is 1. The summed E-state index contributed by atoms with van der Waals surface area (Å²) < 4.78 is 11.1. The third-order valence-corrected chi connectivity index (χ3v) is 5.92. The molecule has 1 amide bonds. The molecule has 6 nitrogen and oxygen atoms in total. The first-order valence-corrected chi connectivity index (χ1v) is 10.5. The van der Waals surface area contributed by atoms with E-state index in [1.807, 2.05) is 31.2 Å². The van der Waals surface area contributed by atoms with Crippen LogP contribution in [0.5, 0.6) is 5.75 Å². The molecule has 0 spiro atoms. The Hall–Kier alpha value is -2.99. The summed E-state index contributed by atoms with van der Waals surface area (Å²) >= 11 is 0. The van der Waals surface area contributed by atoms with Gasteiger partial charge < -0.3 is 19.4 Å². The van der Waals surface area contributed by atoms with Crippen LogP contribution in [0.3, 0.4) is 0 Å². The number of hydrogen-bond acceptors (Lipinski definition) is 5. The van der Waals surface area contributed by atoms with E-state index in [-0.39, 0.29) is 11.9 Å². The second-order valence-corrected chi connectivity index (χ2v) is 7.81. The zero-order chi connectivity index (χ0) is 21.1. The lowest BCUT2D eigenvalue weighted by Crippen LogP contribution is -2.52. The molecule has 1 fully saturated rings. The van der Waals surface area contributed by atoms with Crippen LogP contribution in [0.15, 0.2) is 52.9 Å². The van der Waals surface area contributed by atoms with Crippen LogP contribution in [0.1, 0.15) is 23.0 Å². The molecule has 1 saturated heterocycles. The van der Waals surface area contributed by atoms with E-state index >= 15 is 0 Å². The van der Waals surface area contributed by atoms with E-state index in [9.17, 15) is 4.79 Å². The smallest absolute Gasteiger partial charge is 0.255 e. The van der Waals surface area contributed by atoms with E-state index in [2.05, 4.69) is 46.3 Å². The van der Waals surface area contributed by atoms with E-state index in [1.165, 1.54) is 5.69 Å². The van der Waals surface area contributed by atoms with E-state index in [4.69, 9.17) is 9.15 Å². The average Bonchev–Trinajstić information content (AvgIpc) is 3.12. The standard InChI is InChI=1S/C24H29N3O3/c1-17(26-11-13-27(14-12-26)19-7-5-4-6-8-19)16-25-24(28)23-18(2)30-22-10-9-20(29-3)15-21(22)23/h4-10,15,17H,11-14,16H2,1-3H3,(H,25,28). The maximum atomic E-state index is 12.9. The van der Waals surface area contributed by atoms with Crippen molar-refractivity contribution < 1.29 is 13.9 Å². The number of rotatable bonds is 6. The van der Waals surface area contributed by atoms with Gasteiger partial charge in [0.25, 0.3) is 5.91 Å². The maximum absolute atomic E-state index is 12.9. The van der Waals surface area contributed by atoms with Crippen LogP contribution in [-0.4, -0.2) is 56.7 Å². The van der Waals surface area contributed by atoms with Crippen LogP contribution in [0.2, 0.25) is 0 Å². The molecule has 1 atom stereocenters. The van der Waals surface area contributed by atoms with Crippen LogP contribution < -0.4 is 15.0 Å². The van der Waals surface area contributed by atoms with Crippen molar-refractivity contribution in [1.82, 2.24) is 10.2 Å². The minimum absolute atomic E-state index is 0.103. The highest BCUT2D eigenvalue weighted by atomic mass is 16.5. The Morgan fingerprint density at radius 2 is 1.87 bits per heavy atom. The van der Waals surface area contributed by atoms with E-state index in [1.54, 1.807) is 7.11 Å². The van der Waals surface area contributed by atoms with Gasteiger partial charge in [0.2, 0.25) is 0 Å². The van der Waals surface area contributed by atoms with Crippen LogP contribution in [0, 0.1) is 6.92 Å². The van der Waals surface area contributed by atoms with Crippen molar-refractivity contribution in [2.24, 2.45) is 0 Å². The number of aryl methyl sites for hydroxylation is 1. The Morgan fingerprint density at radius 3 is 2.57 bits per heavy atom. The van der Waals surface area contributed by atoms with Gasteiger partial charge in [-0.3, -0.25) is 9.69 Å². The van der Waals surface area contributed by atoms with Gasteiger partial charge in [0.05, 0.1) is 12.7 Å². The Kier molecular flexibility index (Phi) is 5.95. The van der Waals surface area contributed by atoms with E-state index in [0.717, 1.165) is 31.6 Å². The number of piperazine rings is 1. The molecule has 30 heavy (non-hydrogen) atoms. The maximum Gasteiger partial charge on any atom is 0.255 e. The molecule has 0 saturated carbocycles. The minimum atomic E-state index is -0.103. The number of hydrogen-bond donors (Lipinski definition) is 1. The van der Waals surface area contributed by atoms with Crippen molar-refractivity contribution in [1.29, 1.82) is 0 Å². The number of benzene rings is 2. The van der Waals surface area contributed by atoms with Crippen molar-refractivity contribution in [3.05, 3.63) is 59.9 Å². The molecule has 6 heteroatoms. The summed E-state index contributed by atoms with van der Waals surface area (Å²) in [5, 5.41) is 3.89. The molecule has 1 aromatic heterocycles. The highest BCUT2D eigenvalue weighted by Gasteiger charge is 2.23. The summed E-state index contributed by atoms with van der Waals surface area (Å²) in [5.41, 5.74) is 2.56. The number of methoxy groups -OCH3 is 1. The minimum Gasteiger partial charge on any atom is -0.497 e. The third-order valence-electron chi connectivity index (χ3n) is 5.92. The SMILES string of the molecule is COc1ccc2oc(C)c(C(=O)NCC(C)N3CCN(c4ccccc4)CC3)c2c1. The molecule has 2 aromatic carbocycles. The van der Waals surface area contributed by atoms with E-state index < -0.39 is 0 Å².